The van der Waals surface area contributed by atoms with Crippen LogP contribution in [0.5, 0.6) is 0 Å². The van der Waals surface area contributed by atoms with E-state index in [4.69, 9.17) is 0 Å². The van der Waals surface area contributed by atoms with Gasteiger partial charge in [0.2, 0.25) is 0 Å². The first kappa shape index (κ1) is 13.6. The van der Waals surface area contributed by atoms with Crippen LogP contribution >= 0.6 is 0 Å². The van der Waals surface area contributed by atoms with Crippen molar-refractivity contribution < 1.29 is 0 Å². The molecule has 5 nitrogen and oxygen atoms in total. The van der Waals surface area contributed by atoms with E-state index in [9.17, 15) is 0 Å². The number of aryl methyl sites for hydroxylation is 1. The predicted molar refractivity (Wildman–Crippen MR) is 82.2 cm³/mol. The van der Waals surface area contributed by atoms with E-state index in [1.54, 1.807) is 0 Å². The number of nitrogens with zero attached hydrogens (tertiary/aromatic N) is 3. The number of nitrogens with one attached hydrogen (secondary N) is 2. The van der Waals surface area contributed by atoms with E-state index in [1.807, 2.05) is 13.0 Å². The smallest absolute Gasteiger partial charge is 0.132 e. The zero-order chi connectivity index (χ0) is 13.9. The van der Waals surface area contributed by atoms with Crippen LogP contribution in [-0.4, -0.2) is 46.6 Å². The zero-order valence-corrected chi connectivity index (χ0v) is 12.5. The molecule has 2 unspecified atom stereocenters. The topological polar surface area (TPSA) is 53.1 Å². The molecule has 0 saturated carbocycles. The third kappa shape index (κ3) is 2.87. The van der Waals surface area contributed by atoms with Crippen LogP contribution in [0.2, 0.25) is 0 Å². The van der Waals surface area contributed by atoms with E-state index in [1.165, 1.54) is 32.4 Å². The van der Waals surface area contributed by atoms with Gasteiger partial charge in [0.15, 0.2) is 0 Å². The van der Waals surface area contributed by atoms with Crippen molar-refractivity contribution in [3.05, 3.63) is 11.9 Å². The van der Waals surface area contributed by atoms with E-state index in [0.717, 1.165) is 30.4 Å². The Morgan fingerprint density at radius 2 is 2.10 bits per heavy atom. The van der Waals surface area contributed by atoms with Crippen molar-refractivity contribution in [1.29, 1.82) is 0 Å². The molecule has 2 aliphatic rings. The molecule has 3 heterocycles. The number of hydrogen-bond donors (Lipinski definition) is 2. The quantitative estimate of drug-likeness (QED) is 0.863. The van der Waals surface area contributed by atoms with Gasteiger partial charge in [0.25, 0.3) is 0 Å². The standard InChI is InChI=1S/C15H25N5/c1-3-7-16-14-10-15(18-11(2)17-14)19-12-6-9-20-8-4-5-13(12)20/h10,12-13H,3-9H2,1-2H3,(H2,16,17,18,19). The van der Waals surface area contributed by atoms with Crippen LogP contribution in [0.15, 0.2) is 6.07 Å². The summed E-state index contributed by atoms with van der Waals surface area (Å²) < 4.78 is 0. The van der Waals surface area contributed by atoms with Crippen molar-refractivity contribution in [2.24, 2.45) is 0 Å². The minimum atomic E-state index is 0.547. The maximum absolute atomic E-state index is 4.54. The van der Waals surface area contributed by atoms with Crippen molar-refractivity contribution in [2.75, 3.05) is 30.3 Å². The SMILES string of the molecule is CCCNc1cc(NC2CCN3CCCC23)nc(C)n1. The minimum absolute atomic E-state index is 0.547. The lowest BCUT2D eigenvalue weighted by Gasteiger charge is -2.22. The molecule has 20 heavy (non-hydrogen) atoms. The van der Waals surface area contributed by atoms with E-state index >= 15 is 0 Å². The molecule has 2 aliphatic heterocycles. The average Bonchev–Trinajstić information content (AvgIpc) is 3.01. The second-order valence-electron chi connectivity index (χ2n) is 5.90. The molecule has 2 fully saturated rings. The molecule has 0 aliphatic carbocycles. The van der Waals surface area contributed by atoms with Gasteiger partial charge in [0, 0.05) is 31.2 Å². The lowest BCUT2D eigenvalue weighted by atomic mass is 10.1. The molecule has 2 saturated heterocycles. The summed E-state index contributed by atoms with van der Waals surface area (Å²) in [6, 6.07) is 3.29. The Morgan fingerprint density at radius 3 is 2.95 bits per heavy atom. The highest BCUT2D eigenvalue weighted by molar-refractivity contribution is 5.48. The van der Waals surface area contributed by atoms with Gasteiger partial charge in [-0.1, -0.05) is 6.92 Å². The second kappa shape index (κ2) is 5.95. The van der Waals surface area contributed by atoms with Gasteiger partial charge in [-0.25, -0.2) is 9.97 Å². The summed E-state index contributed by atoms with van der Waals surface area (Å²) in [7, 11) is 0. The molecule has 0 amide bonds. The summed E-state index contributed by atoms with van der Waals surface area (Å²) in [5, 5.41) is 6.98. The van der Waals surface area contributed by atoms with Crippen LogP contribution in [0.25, 0.3) is 0 Å². The molecule has 1 aromatic rings. The van der Waals surface area contributed by atoms with E-state index in [-0.39, 0.29) is 0 Å². The fourth-order valence-electron chi connectivity index (χ4n) is 3.43. The number of anilines is 2. The maximum Gasteiger partial charge on any atom is 0.132 e. The summed E-state index contributed by atoms with van der Waals surface area (Å²) in [6.45, 7) is 7.57. The summed E-state index contributed by atoms with van der Waals surface area (Å²) in [5.41, 5.74) is 0. The molecular weight excluding hydrogens is 250 g/mol. The van der Waals surface area contributed by atoms with Gasteiger partial charge >= 0.3 is 0 Å². The third-order valence-electron chi connectivity index (χ3n) is 4.33. The molecule has 2 atom stereocenters. The van der Waals surface area contributed by atoms with Crippen LogP contribution in [0.4, 0.5) is 11.6 Å². The van der Waals surface area contributed by atoms with Crippen LogP contribution < -0.4 is 10.6 Å². The molecule has 1 aromatic heterocycles. The molecule has 0 spiro atoms. The molecule has 0 aromatic carbocycles. The Hall–Kier alpha value is -1.36. The Bertz CT molecular complexity index is 462. The van der Waals surface area contributed by atoms with Crippen molar-refractivity contribution in [1.82, 2.24) is 14.9 Å². The van der Waals surface area contributed by atoms with Crippen molar-refractivity contribution in [3.8, 4) is 0 Å². The summed E-state index contributed by atoms with van der Waals surface area (Å²) in [5.74, 6) is 2.73. The first-order valence-corrected chi connectivity index (χ1v) is 7.86. The van der Waals surface area contributed by atoms with E-state index in [0.29, 0.717) is 12.1 Å². The van der Waals surface area contributed by atoms with Gasteiger partial charge in [-0.15, -0.1) is 0 Å². The average molecular weight is 275 g/mol. The molecule has 5 heteroatoms. The summed E-state index contributed by atoms with van der Waals surface area (Å²) in [6.07, 6.45) is 4.99. The largest absolute Gasteiger partial charge is 0.370 e. The normalized spacial score (nSPS) is 25.7. The minimum Gasteiger partial charge on any atom is -0.370 e. The summed E-state index contributed by atoms with van der Waals surface area (Å²) in [4.78, 5) is 11.6. The van der Waals surface area contributed by atoms with Gasteiger partial charge in [-0.05, 0) is 39.2 Å². The highest BCUT2D eigenvalue weighted by Crippen LogP contribution is 2.30. The monoisotopic (exact) mass is 275 g/mol. The highest BCUT2D eigenvalue weighted by atomic mass is 15.2. The van der Waals surface area contributed by atoms with E-state index in [2.05, 4.69) is 32.4 Å². The lowest BCUT2D eigenvalue weighted by molar-refractivity contribution is 0.318. The van der Waals surface area contributed by atoms with Crippen LogP contribution in [0.1, 0.15) is 38.4 Å². The van der Waals surface area contributed by atoms with Gasteiger partial charge in [-0.3, -0.25) is 4.90 Å². The zero-order valence-electron chi connectivity index (χ0n) is 12.5. The van der Waals surface area contributed by atoms with Crippen molar-refractivity contribution in [2.45, 2.75) is 51.6 Å². The second-order valence-corrected chi connectivity index (χ2v) is 5.90. The van der Waals surface area contributed by atoms with Crippen LogP contribution in [0.3, 0.4) is 0 Å². The Balaban J connectivity index is 1.68. The first-order chi connectivity index (χ1) is 9.76. The van der Waals surface area contributed by atoms with Crippen LogP contribution in [0, 0.1) is 6.92 Å². The molecular formula is C15H25N5. The molecule has 0 radical (unpaired) electrons. The molecule has 110 valence electrons. The fourth-order valence-corrected chi connectivity index (χ4v) is 3.43. The molecule has 2 N–H and O–H groups in total. The van der Waals surface area contributed by atoms with Gasteiger partial charge in [-0.2, -0.15) is 0 Å². The number of rotatable bonds is 5. The summed E-state index contributed by atoms with van der Waals surface area (Å²) >= 11 is 0. The van der Waals surface area contributed by atoms with Crippen molar-refractivity contribution >= 4 is 11.6 Å². The predicted octanol–water partition coefficient (Wildman–Crippen LogP) is 2.26. The van der Waals surface area contributed by atoms with E-state index < -0.39 is 0 Å². The Kier molecular flexibility index (Phi) is 4.05. The number of aromatic nitrogens is 2. The maximum atomic E-state index is 4.54. The Morgan fingerprint density at radius 1 is 1.25 bits per heavy atom. The van der Waals surface area contributed by atoms with Gasteiger partial charge in [0.05, 0.1) is 0 Å². The molecule has 3 rings (SSSR count). The fraction of sp³-hybridized carbons (Fsp3) is 0.733. The Labute approximate surface area is 121 Å². The lowest BCUT2D eigenvalue weighted by Crippen LogP contribution is -2.34. The van der Waals surface area contributed by atoms with Gasteiger partial charge in [0.1, 0.15) is 17.5 Å². The highest BCUT2D eigenvalue weighted by Gasteiger charge is 2.37. The third-order valence-corrected chi connectivity index (χ3v) is 4.33. The van der Waals surface area contributed by atoms with Crippen LogP contribution in [-0.2, 0) is 0 Å². The van der Waals surface area contributed by atoms with Gasteiger partial charge < -0.3 is 10.6 Å². The first-order valence-electron chi connectivity index (χ1n) is 7.86. The number of hydrogen-bond acceptors (Lipinski definition) is 5. The number of fused-ring (bicyclic) bond motifs is 1. The molecule has 0 bridgehead atoms. The van der Waals surface area contributed by atoms with Crippen molar-refractivity contribution in [3.63, 3.8) is 0 Å².